The molecule has 1 aliphatic carbocycles. The summed E-state index contributed by atoms with van der Waals surface area (Å²) in [5.74, 6) is 1.45. The van der Waals surface area contributed by atoms with Gasteiger partial charge in [-0.2, -0.15) is 0 Å². The molecule has 1 heterocycles. The zero-order chi connectivity index (χ0) is 9.80. The van der Waals surface area contributed by atoms with Crippen LogP contribution in [0.1, 0.15) is 19.4 Å². The first-order chi connectivity index (χ1) is 5.98. The molecule has 0 saturated heterocycles. The van der Waals surface area contributed by atoms with Crippen LogP contribution < -0.4 is 0 Å². The zero-order valence-corrected chi connectivity index (χ0v) is 12.8. The van der Waals surface area contributed by atoms with Gasteiger partial charge in [-0.15, -0.1) is 11.3 Å². The number of thiophene rings is 1. The standard InChI is InChI=1S/C9H9Br3S/c1-4-5(2)9(4,12)6-3-7(10)13-8(6)11/h3-5H,1-2H3/t4-,5+,9?. The third-order valence-corrected chi connectivity index (χ3v) is 7.25. The first kappa shape index (κ1) is 10.7. The number of alkyl halides is 1. The Kier molecular flexibility index (Phi) is 2.72. The summed E-state index contributed by atoms with van der Waals surface area (Å²) in [6.45, 7) is 4.58. The van der Waals surface area contributed by atoms with E-state index < -0.39 is 0 Å². The van der Waals surface area contributed by atoms with E-state index in [0.29, 0.717) is 0 Å². The molecule has 4 heteroatoms. The van der Waals surface area contributed by atoms with Gasteiger partial charge in [0.15, 0.2) is 0 Å². The van der Waals surface area contributed by atoms with E-state index in [4.69, 9.17) is 0 Å². The predicted octanol–water partition coefficient (Wildman–Crippen LogP) is 5.15. The molecular formula is C9H9Br3S. The second kappa shape index (κ2) is 3.32. The Morgan fingerprint density at radius 3 is 2.15 bits per heavy atom. The van der Waals surface area contributed by atoms with Crippen LogP contribution >= 0.6 is 59.1 Å². The molecule has 1 fully saturated rings. The Balaban J connectivity index is 2.42. The van der Waals surface area contributed by atoms with E-state index in [-0.39, 0.29) is 4.32 Å². The number of rotatable bonds is 1. The fraction of sp³-hybridized carbons (Fsp3) is 0.556. The van der Waals surface area contributed by atoms with Crippen LogP contribution in [0.4, 0.5) is 0 Å². The third kappa shape index (κ3) is 1.48. The van der Waals surface area contributed by atoms with Crippen molar-refractivity contribution in [2.75, 3.05) is 0 Å². The molecule has 1 aromatic heterocycles. The summed E-state index contributed by atoms with van der Waals surface area (Å²) in [6.07, 6.45) is 0. The molecule has 0 aliphatic heterocycles. The van der Waals surface area contributed by atoms with Gasteiger partial charge in [0.1, 0.15) is 0 Å². The smallest absolute Gasteiger partial charge is 0.0756 e. The molecular weight excluding hydrogens is 380 g/mol. The Hall–Kier alpha value is 1.14. The quantitative estimate of drug-likeness (QED) is 0.584. The molecule has 1 aromatic rings. The van der Waals surface area contributed by atoms with Crippen LogP contribution in [-0.4, -0.2) is 0 Å². The lowest BCUT2D eigenvalue weighted by Gasteiger charge is -2.06. The second-order valence-corrected chi connectivity index (χ2v) is 8.64. The van der Waals surface area contributed by atoms with Crippen molar-refractivity contribution in [3.63, 3.8) is 0 Å². The molecule has 0 nitrogen and oxygen atoms in total. The molecule has 0 radical (unpaired) electrons. The molecule has 2 rings (SSSR count). The van der Waals surface area contributed by atoms with Crippen LogP contribution in [0.25, 0.3) is 0 Å². The van der Waals surface area contributed by atoms with Gasteiger partial charge in [-0.3, -0.25) is 0 Å². The van der Waals surface area contributed by atoms with Crippen LogP contribution in [0.5, 0.6) is 0 Å². The molecule has 0 spiro atoms. The van der Waals surface area contributed by atoms with E-state index in [1.807, 2.05) is 0 Å². The highest BCUT2D eigenvalue weighted by atomic mass is 79.9. The largest absolute Gasteiger partial charge is 0.121 e. The molecule has 1 unspecified atom stereocenters. The highest BCUT2D eigenvalue weighted by molar-refractivity contribution is 9.12. The van der Waals surface area contributed by atoms with Gasteiger partial charge in [-0.1, -0.05) is 29.8 Å². The maximum Gasteiger partial charge on any atom is 0.0756 e. The van der Waals surface area contributed by atoms with Crippen molar-refractivity contribution in [2.24, 2.45) is 11.8 Å². The van der Waals surface area contributed by atoms with E-state index in [1.165, 1.54) is 13.1 Å². The van der Waals surface area contributed by atoms with E-state index in [0.717, 1.165) is 11.8 Å². The minimum absolute atomic E-state index is 0.217. The van der Waals surface area contributed by atoms with Crippen LogP contribution in [0.3, 0.4) is 0 Å². The number of hydrogen-bond acceptors (Lipinski definition) is 1. The summed E-state index contributed by atoms with van der Waals surface area (Å²) in [6, 6.07) is 2.21. The van der Waals surface area contributed by atoms with Gasteiger partial charge in [0.25, 0.3) is 0 Å². The van der Waals surface area contributed by atoms with Gasteiger partial charge in [0, 0.05) is 0 Å². The van der Waals surface area contributed by atoms with Crippen molar-refractivity contribution in [2.45, 2.75) is 18.2 Å². The first-order valence-corrected chi connectivity index (χ1v) is 7.31. The van der Waals surface area contributed by atoms with Gasteiger partial charge in [-0.25, -0.2) is 0 Å². The van der Waals surface area contributed by atoms with Crippen LogP contribution in [0, 0.1) is 11.8 Å². The second-order valence-electron chi connectivity index (χ2n) is 3.58. The number of hydrogen-bond donors (Lipinski definition) is 0. The fourth-order valence-electron chi connectivity index (χ4n) is 1.82. The van der Waals surface area contributed by atoms with Crippen LogP contribution in [-0.2, 0) is 4.32 Å². The molecule has 3 atom stereocenters. The van der Waals surface area contributed by atoms with Gasteiger partial charge in [0.05, 0.1) is 11.9 Å². The van der Waals surface area contributed by atoms with Crippen molar-refractivity contribution in [3.8, 4) is 0 Å². The summed E-state index contributed by atoms with van der Waals surface area (Å²) in [7, 11) is 0. The lowest BCUT2D eigenvalue weighted by molar-refractivity contribution is 0.834. The van der Waals surface area contributed by atoms with E-state index in [9.17, 15) is 0 Å². The van der Waals surface area contributed by atoms with E-state index >= 15 is 0 Å². The minimum atomic E-state index is 0.217. The van der Waals surface area contributed by atoms with Gasteiger partial charge in [-0.05, 0) is 55.3 Å². The van der Waals surface area contributed by atoms with Crippen molar-refractivity contribution in [1.82, 2.24) is 0 Å². The summed E-state index contributed by atoms with van der Waals surface area (Å²) in [4.78, 5) is 0. The van der Waals surface area contributed by atoms with Crippen molar-refractivity contribution in [1.29, 1.82) is 0 Å². The Bertz CT molecular complexity index is 337. The lowest BCUT2D eigenvalue weighted by Crippen LogP contribution is -1.98. The molecule has 1 saturated carbocycles. The number of halogens is 3. The topological polar surface area (TPSA) is 0 Å². The zero-order valence-electron chi connectivity index (χ0n) is 7.27. The fourth-order valence-corrected chi connectivity index (χ4v) is 6.21. The van der Waals surface area contributed by atoms with E-state index in [1.54, 1.807) is 11.3 Å². The van der Waals surface area contributed by atoms with Crippen molar-refractivity contribution >= 4 is 59.1 Å². The van der Waals surface area contributed by atoms with E-state index in [2.05, 4.69) is 67.7 Å². The molecule has 0 bridgehead atoms. The highest BCUT2D eigenvalue weighted by Gasteiger charge is 2.59. The summed E-state index contributed by atoms with van der Waals surface area (Å²) < 4.78 is 2.65. The molecule has 0 amide bonds. The van der Waals surface area contributed by atoms with Gasteiger partial charge < -0.3 is 0 Å². The predicted molar refractivity (Wildman–Crippen MR) is 68.7 cm³/mol. The highest BCUT2D eigenvalue weighted by Crippen LogP contribution is 2.66. The summed E-state index contributed by atoms with van der Waals surface area (Å²) in [5, 5.41) is 0. The molecule has 0 N–H and O–H groups in total. The summed E-state index contributed by atoms with van der Waals surface area (Å²) in [5.41, 5.74) is 1.39. The molecule has 13 heavy (non-hydrogen) atoms. The van der Waals surface area contributed by atoms with Crippen molar-refractivity contribution in [3.05, 3.63) is 19.2 Å². The Labute approximate surface area is 107 Å². The Morgan fingerprint density at radius 2 is 1.85 bits per heavy atom. The minimum Gasteiger partial charge on any atom is -0.121 e. The van der Waals surface area contributed by atoms with Crippen LogP contribution in [0.2, 0.25) is 0 Å². The van der Waals surface area contributed by atoms with Gasteiger partial charge >= 0.3 is 0 Å². The SMILES string of the molecule is C[C@@H]1[C@H](C)C1(Br)c1cc(Br)sc1Br. The van der Waals surface area contributed by atoms with Crippen LogP contribution in [0.15, 0.2) is 13.6 Å². The lowest BCUT2D eigenvalue weighted by atomic mass is 10.2. The Morgan fingerprint density at radius 1 is 1.31 bits per heavy atom. The molecule has 1 aliphatic rings. The maximum atomic E-state index is 3.85. The monoisotopic (exact) mass is 386 g/mol. The molecule has 72 valence electrons. The molecule has 0 aromatic carbocycles. The average Bonchev–Trinajstić information content (AvgIpc) is 2.47. The summed E-state index contributed by atoms with van der Waals surface area (Å²) >= 11 is 12.7. The first-order valence-electron chi connectivity index (χ1n) is 4.12. The van der Waals surface area contributed by atoms with Gasteiger partial charge in [0.2, 0.25) is 0 Å². The normalized spacial score (nSPS) is 37.9. The average molecular weight is 389 g/mol. The van der Waals surface area contributed by atoms with Crippen molar-refractivity contribution < 1.29 is 0 Å². The maximum absolute atomic E-state index is 3.85. The third-order valence-electron chi connectivity index (χ3n) is 3.04.